The summed E-state index contributed by atoms with van der Waals surface area (Å²) in [6, 6.07) is 44.0. The SMILES string of the molecule is CCCCCCCCCCCC1c2cc3c4cc2Oc2cc(NC(=O)CC)c(NC(=O)CC)cc2Oc2cc5c(cc21)C(CCCCCCCCCCC)c1cc2c(cc1Oc1cc(NC(=O)CC)c(NC(=O)CC)cc1O5)OC(c1ccc(-c5cccc(C=NO)c5)cc1)Oc1cc(c(cc1C2CCCCCCCCCCC)C3CCCCCCCCCCC)Oc1cc(NC(=O)CC)c(NC(=O)CC)cc1O4. The van der Waals surface area contributed by atoms with E-state index in [0.29, 0.717) is 88.6 Å². The van der Waals surface area contributed by atoms with E-state index in [1.165, 1.54) is 103 Å². The number of hydrogen-bond acceptors (Lipinski definition) is 16. The summed E-state index contributed by atoms with van der Waals surface area (Å²) in [6.07, 6.45) is 42.6. The smallest absolute Gasteiger partial charge is 0.267 e. The lowest BCUT2D eigenvalue weighted by Crippen LogP contribution is -2.22. The molecule has 14 rings (SSSR count). The molecule has 0 spiro atoms. The van der Waals surface area contributed by atoms with E-state index in [4.69, 9.17) is 37.9 Å². The molecule has 0 aromatic heterocycles. The number of amides is 6. The molecule has 0 radical (unpaired) electrons. The Morgan fingerprint density at radius 1 is 0.250 bits per heavy atom. The van der Waals surface area contributed by atoms with Crippen LogP contribution in [0.5, 0.6) is 80.5 Å². The first-order chi connectivity index (χ1) is 70.4. The van der Waals surface area contributed by atoms with Crippen molar-refractivity contribution in [3.8, 4) is 91.6 Å². The average molecular weight is 1960 g/mol. The molecule has 1 aliphatic carbocycles. The highest BCUT2D eigenvalue weighted by Gasteiger charge is 2.41. The number of carbonyl (C=O) groups is 6. The second kappa shape index (κ2) is 54.6. The van der Waals surface area contributed by atoms with Crippen molar-refractivity contribution in [1.29, 1.82) is 0 Å². The van der Waals surface area contributed by atoms with Crippen LogP contribution >= 0.6 is 0 Å². The fourth-order valence-electron chi connectivity index (χ4n) is 20.9. The van der Waals surface area contributed by atoms with Gasteiger partial charge < -0.3 is 75.0 Å². The van der Waals surface area contributed by atoms with Gasteiger partial charge in [0, 0.05) is 173 Å². The van der Waals surface area contributed by atoms with Crippen LogP contribution in [0.25, 0.3) is 11.1 Å². The van der Waals surface area contributed by atoms with Gasteiger partial charge in [-0.3, -0.25) is 28.8 Å². The number of hydrogen-bond donors (Lipinski definition) is 7. The molecule has 0 saturated heterocycles. The molecule has 5 aliphatic rings. The molecule has 9 aromatic carbocycles. The van der Waals surface area contributed by atoms with E-state index in [0.717, 1.165) is 196 Å². The maximum Gasteiger partial charge on any atom is 0.267 e. The van der Waals surface area contributed by atoms with Gasteiger partial charge in [-0.1, -0.05) is 348 Å². The molecule has 2 unspecified atom stereocenters. The van der Waals surface area contributed by atoms with Crippen LogP contribution in [-0.4, -0.2) is 46.9 Å². The number of oxime groups is 1. The molecule has 2 atom stereocenters. The highest BCUT2D eigenvalue weighted by atomic mass is 16.7. The Morgan fingerprint density at radius 2 is 0.472 bits per heavy atom. The molecule has 144 heavy (non-hydrogen) atoms. The van der Waals surface area contributed by atoms with Gasteiger partial charge >= 0.3 is 0 Å². The summed E-state index contributed by atoms with van der Waals surface area (Å²) >= 11 is 0. The fraction of sp³-hybridized carbons (Fsp3) is 0.500. The van der Waals surface area contributed by atoms with Gasteiger partial charge in [-0.15, -0.1) is 0 Å². The minimum absolute atomic E-state index is 0.119. The number of carbonyl (C=O) groups excluding carboxylic acids is 6. The van der Waals surface area contributed by atoms with Crippen LogP contribution in [0.15, 0.2) is 139 Å². The van der Waals surface area contributed by atoms with Gasteiger partial charge in [0.05, 0.1) is 40.3 Å². The Hall–Kier alpha value is -12.3. The lowest BCUT2D eigenvalue weighted by molar-refractivity contribution is -0.116. The van der Waals surface area contributed by atoms with Crippen LogP contribution in [0, 0.1) is 0 Å². The van der Waals surface area contributed by atoms with Crippen molar-refractivity contribution in [1.82, 2.24) is 0 Å². The number of fused-ring (bicyclic) bond motifs is 3. The summed E-state index contributed by atoms with van der Waals surface area (Å²) in [5, 5.41) is 32.0. The lowest BCUT2D eigenvalue weighted by Gasteiger charge is -2.34. The maximum absolute atomic E-state index is 14.1. The molecular weight excluding hydrogens is 1800 g/mol. The third-order valence-corrected chi connectivity index (χ3v) is 29.2. The van der Waals surface area contributed by atoms with E-state index in [2.05, 4.69) is 101 Å². The minimum Gasteiger partial charge on any atom is -0.453 e. The van der Waals surface area contributed by atoms with E-state index in [1.807, 2.05) is 60.7 Å². The van der Waals surface area contributed by atoms with E-state index >= 15 is 0 Å². The first kappa shape index (κ1) is 107. The zero-order chi connectivity index (χ0) is 101. The van der Waals surface area contributed by atoms with E-state index in [9.17, 15) is 34.0 Å². The second-order valence-corrected chi connectivity index (χ2v) is 40.0. The molecule has 770 valence electrons. The zero-order valence-corrected chi connectivity index (χ0v) is 87.3. The molecule has 4 heterocycles. The molecule has 22 heteroatoms. The van der Waals surface area contributed by atoms with Crippen molar-refractivity contribution < 1.29 is 71.9 Å². The number of ether oxygens (including phenoxy) is 8. The quantitative estimate of drug-likeness (QED) is 0.00808. The van der Waals surface area contributed by atoms with E-state index < -0.39 is 30.0 Å². The predicted octanol–water partition coefficient (Wildman–Crippen LogP) is 34.9. The summed E-state index contributed by atoms with van der Waals surface area (Å²) in [6.45, 7) is 19.7. The Labute approximate surface area is 854 Å². The molecule has 8 bridgehead atoms. The van der Waals surface area contributed by atoms with Crippen LogP contribution in [0.4, 0.5) is 34.1 Å². The summed E-state index contributed by atoms with van der Waals surface area (Å²) < 4.78 is 63.1. The van der Waals surface area contributed by atoms with Crippen LogP contribution in [0.3, 0.4) is 0 Å². The monoisotopic (exact) mass is 1960 g/mol. The topological polar surface area (TPSA) is 281 Å². The second-order valence-electron chi connectivity index (χ2n) is 40.0. The summed E-state index contributed by atoms with van der Waals surface area (Å²) in [4.78, 5) is 84.8. The number of nitrogens with zero attached hydrogens (tertiary/aromatic N) is 1. The third kappa shape index (κ3) is 28.5. The third-order valence-electron chi connectivity index (χ3n) is 29.2. The number of rotatable bonds is 55. The van der Waals surface area contributed by atoms with E-state index in [1.54, 1.807) is 77.9 Å². The molecular formula is C122H157N7O15. The van der Waals surface area contributed by atoms with Gasteiger partial charge in [-0.05, 0) is 72.7 Å². The predicted molar refractivity (Wildman–Crippen MR) is 579 cm³/mol. The van der Waals surface area contributed by atoms with Crippen molar-refractivity contribution in [3.63, 3.8) is 0 Å². The molecule has 0 saturated carbocycles. The number of unbranched alkanes of at least 4 members (excludes halogenated alkanes) is 32. The minimum atomic E-state index is -1.18. The lowest BCUT2D eigenvalue weighted by atomic mass is 9.76. The van der Waals surface area contributed by atoms with Crippen molar-refractivity contribution >= 4 is 75.8 Å². The highest BCUT2D eigenvalue weighted by Crippen LogP contribution is 2.61. The maximum atomic E-state index is 14.1. The number of nitrogens with one attached hydrogen (secondary N) is 6. The largest absolute Gasteiger partial charge is 0.453 e. The molecule has 22 nitrogen and oxygen atoms in total. The fourth-order valence-corrected chi connectivity index (χ4v) is 20.9. The van der Waals surface area contributed by atoms with Crippen molar-refractivity contribution in [2.45, 2.75) is 395 Å². The van der Waals surface area contributed by atoms with E-state index in [-0.39, 0.29) is 131 Å². The van der Waals surface area contributed by atoms with Crippen molar-refractivity contribution in [2.24, 2.45) is 5.16 Å². The Kier molecular flexibility index (Phi) is 40.7. The van der Waals surface area contributed by atoms with Crippen molar-refractivity contribution in [2.75, 3.05) is 31.9 Å². The molecule has 9 aromatic rings. The van der Waals surface area contributed by atoms with Gasteiger partial charge in [0.25, 0.3) is 6.29 Å². The molecule has 0 fully saturated rings. The average Bonchev–Trinajstić information content (AvgIpc) is 1.45. The molecule has 4 aliphatic heterocycles. The van der Waals surface area contributed by atoms with Gasteiger partial charge in [-0.25, -0.2) is 0 Å². The van der Waals surface area contributed by atoms with Gasteiger partial charge in [-0.2, -0.15) is 0 Å². The van der Waals surface area contributed by atoms with Gasteiger partial charge in [0.1, 0.15) is 46.0 Å². The first-order valence-electron chi connectivity index (χ1n) is 55.2. The van der Waals surface area contributed by atoms with Gasteiger partial charge in [0.2, 0.25) is 35.4 Å². The van der Waals surface area contributed by atoms with Crippen LogP contribution < -0.4 is 69.8 Å². The highest BCUT2D eigenvalue weighted by molar-refractivity contribution is 6.03. The summed E-state index contributed by atoms with van der Waals surface area (Å²) in [7, 11) is 0. The summed E-state index contributed by atoms with van der Waals surface area (Å²) in [5.41, 5.74) is 11.8. The Morgan fingerprint density at radius 3 is 0.701 bits per heavy atom. The Balaban J connectivity index is 1.15. The normalized spacial score (nSPS) is 15.3. The van der Waals surface area contributed by atoms with Crippen LogP contribution in [-0.2, 0) is 28.8 Å². The van der Waals surface area contributed by atoms with Gasteiger partial charge in [0.15, 0.2) is 34.5 Å². The zero-order valence-electron chi connectivity index (χ0n) is 87.3. The number of benzene rings is 9. The Bertz CT molecular complexity index is 5600. The van der Waals surface area contributed by atoms with Crippen LogP contribution in [0.1, 0.15) is 450 Å². The van der Waals surface area contributed by atoms with Crippen LogP contribution in [0.2, 0.25) is 0 Å². The van der Waals surface area contributed by atoms with Crippen molar-refractivity contribution in [3.05, 3.63) is 189 Å². The summed E-state index contributed by atoms with van der Waals surface area (Å²) in [5.74, 6) is 1.08. The molecule has 7 N–H and O–H groups in total. The first-order valence-corrected chi connectivity index (χ1v) is 55.2. The number of anilines is 6. The standard InChI is InChI=1S/C122H157N7O15/c1-11-21-25-29-33-37-41-45-49-56-84-88-65-90-85(57-50-46-42-38-34-30-26-22-12-2)92-67-94-87(59-52-48-44-40-36-32-28-24-14-4)95-68-93-86(58-51-47-43-39-35-31-27-23-13-3)91-66-89(84)103-76-105(91)140-113-72-99(127-119(133)18-8)101(129-121(135)20-10)74-115(113)142-107(93)78-109(95)144-122(82-62-60-81(61-63-82)83-55-53-54-80(64-83)79-123-136)143-108(94)77-106(92)141-114-73-100(128-120(134)19-9)98(126-118(132)17-7)71-112(114)139-104(90)75-102(88)137-110-69-96(124-116(130)15-5)97(70-111(110)138-103)125-117(131)16-6/h53-55,60-79,84-87,122,136H,11-52,56-59H2,1-10H3,(H,124,130)(H,125,131)(H,126,132)(H,127,133)(H,128,134)(H,129,135). The molecule has 6 amide bonds.